The Bertz CT molecular complexity index is 632. The van der Waals surface area contributed by atoms with E-state index in [4.69, 9.17) is 0 Å². The highest BCUT2D eigenvalue weighted by Gasteiger charge is 2.35. The number of benzene rings is 1. The molecule has 160 valence electrons. The Balaban J connectivity index is 1.48. The molecule has 0 radical (unpaired) electrons. The fourth-order valence-electron chi connectivity index (χ4n) is 4.95. The highest BCUT2D eigenvalue weighted by atomic mass is 32.2. The Morgan fingerprint density at radius 1 is 0.931 bits per heavy atom. The van der Waals surface area contributed by atoms with E-state index in [0.717, 1.165) is 25.2 Å². The minimum absolute atomic E-state index is 0.0322. The van der Waals surface area contributed by atoms with Gasteiger partial charge in [0.2, 0.25) is 0 Å². The maximum Gasteiger partial charge on any atom is 0.0751 e. The molecule has 0 unspecified atom stereocenters. The van der Waals surface area contributed by atoms with E-state index in [0.29, 0.717) is 10.5 Å². The maximum atomic E-state index is 9.73. The first-order chi connectivity index (χ1) is 14.2. The highest BCUT2D eigenvalue weighted by molar-refractivity contribution is 8.16. The summed E-state index contributed by atoms with van der Waals surface area (Å²) in [6, 6.07) is 12.2. The van der Waals surface area contributed by atoms with E-state index >= 15 is 0 Å². The normalized spacial score (nSPS) is 30.0. The van der Waals surface area contributed by atoms with Crippen molar-refractivity contribution in [2.75, 3.05) is 11.5 Å². The van der Waals surface area contributed by atoms with Crippen LogP contribution in [0.5, 0.6) is 0 Å². The van der Waals surface area contributed by atoms with Crippen molar-refractivity contribution in [1.29, 1.82) is 5.26 Å². The molecule has 1 saturated carbocycles. The Hall–Kier alpha value is -0.590. The van der Waals surface area contributed by atoms with E-state index in [9.17, 15) is 5.26 Å². The van der Waals surface area contributed by atoms with Crippen LogP contribution in [0.4, 0.5) is 0 Å². The third-order valence-corrected chi connectivity index (χ3v) is 10.3. The van der Waals surface area contributed by atoms with Gasteiger partial charge in [-0.1, -0.05) is 70.2 Å². The second-order valence-electron chi connectivity index (χ2n) is 9.30. The van der Waals surface area contributed by atoms with Crippen LogP contribution in [-0.4, -0.2) is 11.5 Å². The van der Waals surface area contributed by atoms with Crippen LogP contribution in [0.1, 0.15) is 106 Å². The smallest absolute Gasteiger partial charge is 0.0751 e. The number of thioether (sulfide) groups is 2. The van der Waals surface area contributed by atoms with Gasteiger partial charge in [-0.25, -0.2) is 0 Å². The third-order valence-electron chi connectivity index (χ3n) is 7.05. The first kappa shape index (κ1) is 23.1. The lowest BCUT2D eigenvalue weighted by Gasteiger charge is -2.35. The molecule has 2 aliphatic rings. The molecule has 1 aliphatic heterocycles. The summed E-state index contributed by atoms with van der Waals surface area (Å²) in [5.41, 5.74) is 2.97. The molecule has 2 fully saturated rings. The molecule has 1 heterocycles. The van der Waals surface area contributed by atoms with Crippen LogP contribution >= 0.6 is 23.5 Å². The third kappa shape index (κ3) is 6.44. The number of nitriles is 1. The maximum absolute atomic E-state index is 9.73. The highest BCUT2D eigenvalue weighted by Crippen LogP contribution is 2.48. The summed E-state index contributed by atoms with van der Waals surface area (Å²) >= 11 is 4.32. The van der Waals surface area contributed by atoms with Crippen LogP contribution in [0.3, 0.4) is 0 Å². The van der Waals surface area contributed by atoms with Gasteiger partial charge in [-0.2, -0.15) is 5.26 Å². The van der Waals surface area contributed by atoms with Gasteiger partial charge in [0, 0.05) is 0 Å². The average Bonchev–Trinajstić information content (AvgIpc) is 2.79. The van der Waals surface area contributed by atoms with Gasteiger partial charge in [-0.3, -0.25) is 0 Å². The fraction of sp³-hybridized carbons (Fsp3) is 0.731. The predicted octanol–water partition coefficient (Wildman–Crippen LogP) is 8.72. The van der Waals surface area contributed by atoms with E-state index < -0.39 is 0 Å². The zero-order valence-electron chi connectivity index (χ0n) is 18.5. The Labute approximate surface area is 187 Å². The molecule has 1 saturated heterocycles. The van der Waals surface area contributed by atoms with Crippen molar-refractivity contribution in [1.82, 2.24) is 0 Å². The number of unbranched alkanes of at least 4 members (excludes halogenated alkanes) is 3. The largest absolute Gasteiger partial charge is 0.198 e. The van der Waals surface area contributed by atoms with Crippen LogP contribution < -0.4 is 0 Å². The van der Waals surface area contributed by atoms with Gasteiger partial charge in [-0.15, -0.1) is 23.5 Å². The number of rotatable bonds is 9. The molecule has 0 bridgehead atoms. The molecule has 3 heteroatoms. The second kappa shape index (κ2) is 11.7. The Morgan fingerprint density at radius 3 is 2.14 bits per heavy atom. The topological polar surface area (TPSA) is 23.8 Å². The molecule has 1 nitrogen and oxygen atoms in total. The average molecular weight is 430 g/mol. The zero-order chi connectivity index (χ0) is 20.5. The number of hydrogen-bond donors (Lipinski definition) is 0. The summed E-state index contributed by atoms with van der Waals surface area (Å²) in [6.45, 7) is 4.53. The molecular weight excluding hydrogens is 390 g/mol. The van der Waals surface area contributed by atoms with Crippen molar-refractivity contribution in [3.05, 3.63) is 35.4 Å². The van der Waals surface area contributed by atoms with Crippen molar-refractivity contribution in [2.24, 2.45) is 11.3 Å². The first-order valence-electron chi connectivity index (χ1n) is 11.9. The summed E-state index contributed by atoms with van der Waals surface area (Å²) in [5, 5.41) is 9.73. The summed E-state index contributed by atoms with van der Waals surface area (Å²) in [4.78, 5) is 0. The molecule has 0 N–H and O–H groups in total. The molecule has 0 spiro atoms. The van der Waals surface area contributed by atoms with Gasteiger partial charge in [-0.05, 0) is 73.0 Å². The van der Waals surface area contributed by atoms with Crippen molar-refractivity contribution in [3.63, 3.8) is 0 Å². The minimum Gasteiger partial charge on any atom is -0.198 e. The van der Waals surface area contributed by atoms with Gasteiger partial charge in [0.05, 0.1) is 16.1 Å². The number of nitrogens with zero attached hydrogens (tertiary/aromatic N) is 1. The second-order valence-corrected chi connectivity index (χ2v) is 11.9. The van der Waals surface area contributed by atoms with E-state index in [1.54, 1.807) is 0 Å². The van der Waals surface area contributed by atoms with Gasteiger partial charge < -0.3 is 0 Å². The SMILES string of the molecule is CCCCCC1CSC(c2ccc(C3CCC(C#N)(CCCC)CC3)cc2)SC1. The van der Waals surface area contributed by atoms with E-state index in [2.05, 4.69) is 67.7 Å². The van der Waals surface area contributed by atoms with E-state index in [1.807, 2.05) is 0 Å². The minimum atomic E-state index is -0.0322. The molecule has 1 aliphatic carbocycles. The van der Waals surface area contributed by atoms with Crippen molar-refractivity contribution >= 4 is 23.5 Å². The molecule has 3 rings (SSSR count). The fourth-order valence-corrected chi connectivity index (χ4v) is 8.11. The Morgan fingerprint density at radius 2 is 1.55 bits per heavy atom. The van der Waals surface area contributed by atoms with E-state index in [-0.39, 0.29) is 5.41 Å². The van der Waals surface area contributed by atoms with Gasteiger partial charge in [0.25, 0.3) is 0 Å². The molecular formula is C26H39NS2. The van der Waals surface area contributed by atoms with Crippen molar-refractivity contribution in [2.45, 2.75) is 95.0 Å². The lowest BCUT2D eigenvalue weighted by molar-refractivity contribution is 0.224. The molecule has 29 heavy (non-hydrogen) atoms. The van der Waals surface area contributed by atoms with Crippen LogP contribution in [0.15, 0.2) is 24.3 Å². The van der Waals surface area contributed by atoms with Gasteiger partial charge in [0.1, 0.15) is 0 Å². The van der Waals surface area contributed by atoms with Crippen molar-refractivity contribution in [3.8, 4) is 6.07 Å². The van der Waals surface area contributed by atoms with E-state index in [1.165, 1.54) is 74.0 Å². The first-order valence-corrected chi connectivity index (χ1v) is 14.0. The van der Waals surface area contributed by atoms with Gasteiger partial charge in [0.15, 0.2) is 0 Å². The van der Waals surface area contributed by atoms with Crippen LogP contribution in [0.25, 0.3) is 0 Å². The summed E-state index contributed by atoms with van der Waals surface area (Å²) in [7, 11) is 0. The zero-order valence-corrected chi connectivity index (χ0v) is 20.1. The molecule has 0 amide bonds. The number of hydrogen-bond acceptors (Lipinski definition) is 3. The summed E-state index contributed by atoms with van der Waals surface area (Å²) in [5.74, 6) is 4.24. The van der Waals surface area contributed by atoms with Crippen LogP contribution in [-0.2, 0) is 0 Å². The standard InChI is InChI=1S/C26H39NS2/c1-3-5-7-8-21-18-28-25(29-19-21)24-11-9-22(10-12-24)23-13-16-26(20-27,17-14-23)15-6-4-2/h9-12,21,23,25H,3-8,13-19H2,1-2H3. The molecule has 0 atom stereocenters. The predicted molar refractivity (Wildman–Crippen MR) is 131 cm³/mol. The van der Waals surface area contributed by atoms with Crippen LogP contribution in [0, 0.1) is 22.7 Å². The lowest BCUT2D eigenvalue weighted by Crippen LogP contribution is -2.25. The summed E-state index contributed by atoms with van der Waals surface area (Å²) < 4.78 is 0.623. The quantitative estimate of drug-likeness (QED) is 0.367. The monoisotopic (exact) mass is 429 g/mol. The Kier molecular flexibility index (Phi) is 9.32. The van der Waals surface area contributed by atoms with Crippen molar-refractivity contribution < 1.29 is 0 Å². The molecule has 1 aromatic rings. The van der Waals surface area contributed by atoms with Crippen LogP contribution in [0.2, 0.25) is 0 Å². The van der Waals surface area contributed by atoms with Gasteiger partial charge >= 0.3 is 0 Å². The molecule has 0 aromatic heterocycles. The lowest BCUT2D eigenvalue weighted by atomic mass is 9.67. The molecule has 1 aromatic carbocycles. The summed E-state index contributed by atoms with van der Waals surface area (Å²) in [6.07, 6.45) is 13.6.